The maximum Gasteiger partial charge on any atom is 0.243 e. The fraction of sp³-hybridized carbons (Fsp3) is 0.259. The number of rotatable bonds is 10. The van der Waals surface area contributed by atoms with Crippen LogP contribution in [0.3, 0.4) is 0 Å². The van der Waals surface area contributed by atoms with Gasteiger partial charge in [0.2, 0.25) is 11.8 Å². The molecule has 0 fully saturated rings. The third-order valence-corrected chi connectivity index (χ3v) is 5.87. The zero-order chi connectivity index (χ0) is 23.6. The van der Waals surface area contributed by atoms with Gasteiger partial charge in [-0.3, -0.25) is 9.59 Å². The van der Waals surface area contributed by atoms with E-state index in [0.29, 0.717) is 19.5 Å². The molecule has 0 saturated heterocycles. The quantitative estimate of drug-likeness (QED) is 0.428. The Bertz CT molecular complexity index is 1050. The predicted molar refractivity (Wildman–Crippen MR) is 134 cm³/mol. The second-order valence-corrected chi connectivity index (χ2v) is 8.69. The molecule has 0 aromatic heterocycles. The van der Waals surface area contributed by atoms with Crippen molar-refractivity contribution in [1.29, 1.82) is 0 Å². The van der Waals surface area contributed by atoms with E-state index in [1.165, 1.54) is 0 Å². The molecule has 6 heteroatoms. The van der Waals surface area contributed by atoms with Crippen LogP contribution in [0.5, 0.6) is 5.75 Å². The molecule has 0 aliphatic carbocycles. The first-order valence-corrected chi connectivity index (χ1v) is 11.8. The Morgan fingerprint density at radius 1 is 0.939 bits per heavy atom. The third-order valence-electron chi connectivity index (χ3n) is 5.38. The van der Waals surface area contributed by atoms with Crippen LogP contribution in [0.2, 0.25) is 0 Å². The van der Waals surface area contributed by atoms with Gasteiger partial charge in [-0.1, -0.05) is 70.5 Å². The molecular weight excluding hydrogens is 480 g/mol. The Labute approximate surface area is 203 Å². The average molecular weight is 509 g/mol. The number of methoxy groups -OCH3 is 1. The summed E-state index contributed by atoms with van der Waals surface area (Å²) in [5, 5.41) is 2.92. The second-order valence-electron chi connectivity index (χ2n) is 7.78. The maximum atomic E-state index is 13.6. The molecule has 0 aliphatic rings. The number of carbonyl (C=O) groups is 2. The molecule has 3 rings (SSSR count). The molecule has 0 saturated carbocycles. The topological polar surface area (TPSA) is 58.6 Å². The van der Waals surface area contributed by atoms with Crippen molar-refractivity contribution < 1.29 is 14.3 Å². The number of halogens is 1. The van der Waals surface area contributed by atoms with Crippen molar-refractivity contribution in [2.45, 2.75) is 32.4 Å². The number of carbonyl (C=O) groups excluding carboxylic acids is 2. The van der Waals surface area contributed by atoms with Crippen LogP contribution in [0.4, 0.5) is 0 Å². The molecule has 1 atom stereocenters. The molecule has 3 aromatic carbocycles. The molecule has 5 nitrogen and oxygen atoms in total. The van der Waals surface area contributed by atoms with Gasteiger partial charge in [0.05, 0.1) is 13.5 Å². The lowest BCUT2D eigenvalue weighted by Crippen LogP contribution is -2.50. The van der Waals surface area contributed by atoms with Crippen molar-refractivity contribution in [2.24, 2.45) is 0 Å². The summed E-state index contributed by atoms with van der Waals surface area (Å²) in [6.07, 6.45) is 0.637. The summed E-state index contributed by atoms with van der Waals surface area (Å²) in [6, 6.07) is 24.4. The van der Waals surface area contributed by atoms with Gasteiger partial charge in [-0.25, -0.2) is 0 Å². The normalized spacial score (nSPS) is 11.5. The fourth-order valence-electron chi connectivity index (χ4n) is 3.70. The number of nitrogens with one attached hydrogen (secondary N) is 1. The minimum atomic E-state index is -0.628. The third kappa shape index (κ3) is 7.19. The van der Waals surface area contributed by atoms with E-state index in [2.05, 4.69) is 21.2 Å². The Morgan fingerprint density at radius 2 is 1.64 bits per heavy atom. The monoisotopic (exact) mass is 508 g/mol. The molecule has 1 N–H and O–H groups in total. The largest absolute Gasteiger partial charge is 0.497 e. The summed E-state index contributed by atoms with van der Waals surface area (Å²) in [6.45, 7) is 2.72. The Kier molecular flexibility index (Phi) is 9.07. The van der Waals surface area contributed by atoms with E-state index in [4.69, 9.17) is 4.74 Å². The number of likely N-dealkylation sites (N-methyl/N-ethyl adjacent to an activating group) is 1. The molecule has 3 aromatic rings. The first-order valence-electron chi connectivity index (χ1n) is 11.0. The lowest BCUT2D eigenvalue weighted by Gasteiger charge is -2.31. The Balaban J connectivity index is 1.93. The molecular formula is C27H29BrN2O3. The van der Waals surface area contributed by atoms with Crippen molar-refractivity contribution in [3.05, 3.63) is 100 Å². The lowest BCUT2D eigenvalue weighted by molar-refractivity contribution is -0.140. The molecule has 0 radical (unpaired) electrons. The predicted octanol–water partition coefficient (Wildman–Crippen LogP) is 4.78. The highest BCUT2D eigenvalue weighted by molar-refractivity contribution is 9.10. The van der Waals surface area contributed by atoms with E-state index in [-0.39, 0.29) is 18.2 Å². The fourth-order valence-corrected chi connectivity index (χ4v) is 4.14. The van der Waals surface area contributed by atoms with Crippen LogP contribution in [0.25, 0.3) is 0 Å². The van der Waals surface area contributed by atoms with Crippen molar-refractivity contribution in [2.75, 3.05) is 13.7 Å². The molecule has 0 bridgehead atoms. The number of amides is 2. The van der Waals surface area contributed by atoms with Gasteiger partial charge < -0.3 is 15.0 Å². The van der Waals surface area contributed by atoms with Crippen LogP contribution < -0.4 is 10.1 Å². The molecule has 0 aliphatic heterocycles. The van der Waals surface area contributed by atoms with Gasteiger partial charge in [0, 0.05) is 24.0 Å². The van der Waals surface area contributed by atoms with Crippen LogP contribution in [-0.4, -0.2) is 36.4 Å². The van der Waals surface area contributed by atoms with Crippen LogP contribution in [0.1, 0.15) is 23.6 Å². The molecule has 0 unspecified atom stereocenters. The summed E-state index contributed by atoms with van der Waals surface area (Å²) in [7, 11) is 1.61. The van der Waals surface area contributed by atoms with Gasteiger partial charge in [-0.2, -0.15) is 0 Å². The van der Waals surface area contributed by atoms with Crippen LogP contribution in [-0.2, 0) is 29.0 Å². The van der Waals surface area contributed by atoms with Gasteiger partial charge in [0.1, 0.15) is 11.8 Å². The maximum absolute atomic E-state index is 13.6. The Hall–Kier alpha value is -3.12. The number of hydrogen-bond acceptors (Lipinski definition) is 3. The first kappa shape index (κ1) is 24.5. The summed E-state index contributed by atoms with van der Waals surface area (Å²) in [5.41, 5.74) is 2.83. The van der Waals surface area contributed by atoms with Crippen molar-refractivity contribution in [3.8, 4) is 5.75 Å². The molecule has 33 heavy (non-hydrogen) atoms. The highest BCUT2D eigenvalue weighted by Crippen LogP contribution is 2.20. The van der Waals surface area contributed by atoms with Crippen LogP contribution in [0, 0.1) is 0 Å². The van der Waals surface area contributed by atoms with E-state index in [9.17, 15) is 9.59 Å². The van der Waals surface area contributed by atoms with Gasteiger partial charge in [-0.15, -0.1) is 0 Å². The van der Waals surface area contributed by atoms with Gasteiger partial charge in [-0.05, 0) is 47.9 Å². The average Bonchev–Trinajstić information content (AvgIpc) is 2.82. The number of hydrogen-bond donors (Lipinski definition) is 1. The van der Waals surface area contributed by atoms with E-state index in [1.807, 2.05) is 85.8 Å². The van der Waals surface area contributed by atoms with Crippen LogP contribution >= 0.6 is 15.9 Å². The zero-order valence-corrected chi connectivity index (χ0v) is 20.5. The highest BCUT2D eigenvalue weighted by Gasteiger charge is 2.30. The summed E-state index contributed by atoms with van der Waals surface area (Å²) < 4.78 is 6.15. The van der Waals surface area contributed by atoms with E-state index in [0.717, 1.165) is 26.9 Å². The molecule has 172 valence electrons. The van der Waals surface area contributed by atoms with Crippen molar-refractivity contribution >= 4 is 27.7 Å². The number of ether oxygens (including phenoxy) is 1. The summed E-state index contributed by atoms with van der Waals surface area (Å²) in [4.78, 5) is 28.5. The summed E-state index contributed by atoms with van der Waals surface area (Å²) >= 11 is 3.51. The van der Waals surface area contributed by atoms with Crippen LogP contribution in [0.15, 0.2) is 83.3 Å². The number of benzene rings is 3. The minimum Gasteiger partial charge on any atom is -0.497 e. The minimum absolute atomic E-state index is 0.104. The summed E-state index contributed by atoms with van der Waals surface area (Å²) in [5.74, 6) is 0.480. The van der Waals surface area contributed by atoms with E-state index < -0.39 is 6.04 Å². The first-order chi connectivity index (χ1) is 16.0. The molecule has 2 amide bonds. The molecule has 0 heterocycles. The van der Waals surface area contributed by atoms with Crippen molar-refractivity contribution in [3.63, 3.8) is 0 Å². The van der Waals surface area contributed by atoms with Crippen molar-refractivity contribution in [1.82, 2.24) is 10.2 Å². The van der Waals surface area contributed by atoms with E-state index >= 15 is 0 Å². The standard InChI is InChI=1S/C27H29BrN2O3/c1-3-29-27(32)25(17-20-8-5-4-6-9-20)30(19-22-10-7-11-23(28)16-22)26(31)18-21-12-14-24(33-2)15-13-21/h4-16,25H,3,17-19H2,1-2H3,(H,29,32)/t25-/m0/s1. The Morgan fingerprint density at radius 3 is 2.27 bits per heavy atom. The smallest absolute Gasteiger partial charge is 0.243 e. The molecule has 0 spiro atoms. The highest BCUT2D eigenvalue weighted by atomic mass is 79.9. The van der Waals surface area contributed by atoms with Gasteiger partial charge in [0.25, 0.3) is 0 Å². The SMILES string of the molecule is CCNC(=O)[C@H](Cc1ccccc1)N(Cc1cccc(Br)c1)C(=O)Cc1ccc(OC)cc1. The van der Waals surface area contributed by atoms with E-state index in [1.54, 1.807) is 12.0 Å². The van der Waals surface area contributed by atoms with Gasteiger partial charge in [0.15, 0.2) is 0 Å². The number of nitrogens with zero attached hydrogens (tertiary/aromatic N) is 1. The lowest BCUT2D eigenvalue weighted by atomic mass is 10.0. The zero-order valence-electron chi connectivity index (χ0n) is 19.0. The van der Waals surface area contributed by atoms with Gasteiger partial charge >= 0.3 is 0 Å². The second kappa shape index (κ2) is 12.2.